The first-order valence-electron chi connectivity index (χ1n) is 9.48. The van der Waals surface area contributed by atoms with Crippen molar-refractivity contribution in [2.45, 2.75) is 22.3 Å². The van der Waals surface area contributed by atoms with Gasteiger partial charge in [0.15, 0.2) is 0 Å². The van der Waals surface area contributed by atoms with Gasteiger partial charge in [-0.1, -0.05) is 48.2 Å². The van der Waals surface area contributed by atoms with Crippen LogP contribution in [-0.4, -0.2) is 53.2 Å². The van der Waals surface area contributed by atoms with Crippen LogP contribution in [0.25, 0.3) is 0 Å². The highest BCUT2D eigenvalue weighted by Crippen LogP contribution is 2.42. The third-order valence-corrected chi connectivity index (χ3v) is 6.05. The largest absolute Gasteiger partial charge is 0.478 e. The predicted octanol–water partition coefficient (Wildman–Crippen LogP) is 3.05. The van der Waals surface area contributed by atoms with Crippen molar-refractivity contribution in [2.75, 3.05) is 26.2 Å². The van der Waals surface area contributed by atoms with E-state index >= 15 is 0 Å². The van der Waals surface area contributed by atoms with Gasteiger partial charge in [0.1, 0.15) is 0 Å². The van der Waals surface area contributed by atoms with Gasteiger partial charge < -0.3 is 15.5 Å². The number of nitrogens with zero attached hydrogens (tertiary/aromatic N) is 1. The van der Waals surface area contributed by atoms with E-state index in [2.05, 4.69) is 58.7 Å². The molecule has 0 aromatic heterocycles. The molecule has 152 valence electrons. The summed E-state index contributed by atoms with van der Waals surface area (Å²) in [6.07, 6.45) is 2.24. The number of piperazine rings is 1. The molecule has 1 atom stereocenters. The lowest BCUT2D eigenvalue weighted by molar-refractivity contribution is -0.134. The first kappa shape index (κ1) is 21.1. The fourth-order valence-electron chi connectivity index (χ4n) is 3.52. The minimum Gasteiger partial charge on any atom is -0.478 e. The van der Waals surface area contributed by atoms with E-state index in [9.17, 15) is 9.59 Å². The molecule has 1 saturated heterocycles. The molecule has 0 amide bonds. The summed E-state index contributed by atoms with van der Waals surface area (Å²) in [4.78, 5) is 24.6. The highest BCUT2D eigenvalue weighted by atomic mass is 32.2. The van der Waals surface area contributed by atoms with Crippen molar-refractivity contribution in [2.24, 2.45) is 0 Å². The van der Waals surface area contributed by atoms with Crippen LogP contribution in [0, 0.1) is 0 Å². The molecule has 0 spiro atoms. The van der Waals surface area contributed by atoms with Crippen molar-refractivity contribution >= 4 is 23.7 Å². The number of carboxylic acids is 2. The Kier molecular flexibility index (Phi) is 7.46. The molecular formula is C22H24N2O4S. The average molecular weight is 413 g/mol. The van der Waals surface area contributed by atoms with E-state index in [1.807, 2.05) is 11.8 Å². The van der Waals surface area contributed by atoms with Gasteiger partial charge >= 0.3 is 11.9 Å². The molecule has 4 rings (SSSR count). The molecule has 2 aromatic carbocycles. The lowest BCUT2D eigenvalue weighted by Crippen LogP contribution is -2.45. The van der Waals surface area contributed by atoms with Crippen LogP contribution < -0.4 is 5.32 Å². The minimum atomic E-state index is -1.26. The highest BCUT2D eigenvalue weighted by Gasteiger charge is 2.27. The van der Waals surface area contributed by atoms with Crippen molar-refractivity contribution in [1.82, 2.24) is 10.2 Å². The van der Waals surface area contributed by atoms with Crippen molar-refractivity contribution < 1.29 is 19.8 Å². The third kappa shape index (κ3) is 5.93. The summed E-state index contributed by atoms with van der Waals surface area (Å²) in [5.41, 5.74) is 2.99. The zero-order chi connectivity index (χ0) is 20.6. The Morgan fingerprint density at radius 3 is 2.17 bits per heavy atom. The molecule has 2 heterocycles. The smallest absolute Gasteiger partial charge is 0.328 e. The second-order valence-corrected chi connectivity index (χ2v) is 7.85. The maximum atomic E-state index is 9.55. The number of nitrogens with one attached hydrogen (secondary N) is 1. The van der Waals surface area contributed by atoms with Crippen LogP contribution in [0.2, 0.25) is 0 Å². The van der Waals surface area contributed by atoms with Gasteiger partial charge in [-0.05, 0) is 29.7 Å². The van der Waals surface area contributed by atoms with Gasteiger partial charge in [0.05, 0.1) is 0 Å². The molecule has 7 heteroatoms. The fourth-order valence-corrected chi connectivity index (χ4v) is 4.65. The Morgan fingerprint density at radius 2 is 1.52 bits per heavy atom. The molecule has 0 radical (unpaired) electrons. The second kappa shape index (κ2) is 10.2. The molecule has 6 nitrogen and oxygen atoms in total. The van der Waals surface area contributed by atoms with Crippen LogP contribution in [-0.2, 0) is 16.0 Å². The number of rotatable bonds is 3. The normalized spacial score (nSPS) is 18.7. The molecule has 2 aromatic rings. The second-order valence-electron chi connectivity index (χ2n) is 6.76. The first-order valence-corrected chi connectivity index (χ1v) is 10.3. The van der Waals surface area contributed by atoms with E-state index in [1.165, 1.54) is 20.9 Å². The van der Waals surface area contributed by atoms with E-state index in [1.54, 1.807) is 0 Å². The Labute approximate surface area is 174 Å². The molecule has 1 fully saturated rings. The Balaban J connectivity index is 0.000000258. The maximum Gasteiger partial charge on any atom is 0.328 e. The van der Waals surface area contributed by atoms with Crippen LogP contribution in [0.4, 0.5) is 0 Å². The van der Waals surface area contributed by atoms with Crippen molar-refractivity contribution in [1.29, 1.82) is 0 Å². The standard InChI is InChI=1S/C18H20N2S.C4H4O4/c1-3-7-17-14(5-1)13-16(20-11-9-19-10-12-20)15-6-2-4-8-18(15)21-17;5-3(6)1-2-4(7)8/h1-8,16,19H,9-13H2;1-2H,(H,5,6)(H,7,8)/b;2-1-. The van der Waals surface area contributed by atoms with Gasteiger partial charge in [0.2, 0.25) is 0 Å². The summed E-state index contributed by atoms with van der Waals surface area (Å²) in [7, 11) is 0. The summed E-state index contributed by atoms with van der Waals surface area (Å²) in [6, 6.07) is 18.3. The SMILES string of the molecule is O=C(O)/C=C\C(=O)O.c1ccc2c(c1)CC(N1CCNCC1)c1ccccc1S2. The zero-order valence-corrected chi connectivity index (χ0v) is 16.8. The molecule has 1 unspecified atom stereocenters. The monoisotopic (exact) mass is 412 g/mol. The molecule has 3 N–H and O–H groups in total. The number of carbonyl (C=O) groups is 2. The van der Waals surface area contributed by atoms with Crippen LogP contribution in [0.1, 0.15) is 17.2 Å². The Morgan fingerprint density at radius 1 is 0.931 bits per heavy atom. The van der Waals surface area contributed by atoms with Gasteiger partial charge in [0.25, 0.3) is 0 Å². The summed E-state index contributed by atoms with van der Waals surface area (Å²) in [5, 5.41) is 19.1. The van der Waals surface area contributed by atoms with Gasteiger partial charge in [-0.3, -0.25) is 4.90 Å². The fraction of sp³-hybridized carbons (Fsp3) is 0.273. The number of aliphatic carboxylic acids is 2. The van der Waals surface area contributed by atoms with E-state index in [0.717, 1.165) is 32.6 Å². The van der Waals surface area contributed by atoms with Crippen LogP contribution in [0.15, 0.2) is 70.5 Å². The molecule has 29 heavy (non-hydrogen) atoms. The maximum absolute atomic E-state index is 9.55. The van der Waals surface area contributed by atoms with Gasteiger partial charge in [-0.15, -0.1) is 0 Å². The highest BCUT2D eigenvalue weighted by molar-refractivity contribution is 7.99. The van der Waals surface area contributed by atoms with Crippen molar-refractivity contribution in [3.8, 4) is 0 Å². The number of benzene rings is 2. The lowest BCUT2D eigenvalue weighted by Gasteiger charge is -2.35. The van der Waals surface area contributed by atoms with Crippen LogP contribution in [0.5, 0.6) is 0 Å². The van der Waals surface area contributed by atoms with E-state index in [4.69, 9.17) is 10.2 Å². The molecule has 0 bridgehead atoms. The summed E-state index contributed by atoms with van der Waals surface area (Å²) < 4.78 is 0. The average Bonchev–Trinajstić information content (AvgIpc) is 2.90. The van der Waals surface area contributed by atoms with Gasteiger partial charge in [-0.2, -0.15) is 0 Å². The zero-order valence-electron chi connectivity index (χ0n) is 16.0. The van der Waals surface area contributed by atoms with Crippen LogP contribution in [0.3, 0.4) is 0 Å². The number of fused-ring (bicyclic) bond motifs is 2. The molecule has 0 aliphatic carbocycles. The van der Waals surface area contributed by atoms with E-state index in [-0.39, 0.29) is 0 Å². The topological polar surface area (TPSA) is 89.9 Å². The molecule has 2 aliphatic heterocycles. The minimum absolute atomic E-state index is 0.513. The number of hydrogen-bond donors (Lipinski definition) is 3. The molecule has 2 aliphatic rings. The van der Waals surface area contributed by atoms with E-state index < -0.39 is 11.9 Å². The summed E-state index contributed by atoms with van der Waals surface area (Å²) in [5.74, 6) is -2.51. The number of carboxylic acid groups (broad SMARTS) is 2. The van der Waals surface area contributed by atoms with Gasteiger partial charge in [0, 0.05) is 54.2 Å². The summed E-state index contributed by atoms with van der Waals surface area (Å²) >= 11 is 1.93. The quantitative estimate of drug-likeness (QED) is 0.668. The number of hydrogen-bond acceptors (Lipinski definition) is 5. The van der Waals surface area contributed by atoms with Crippen molar-refractivity contribution in [3.05, 3.63) is 71.8 Å². The Bertz CT molecular complexity index is 878. The Hall–Kier alpha value is -2.61. The molecule has 0 saturated carbocycles. The lowest BCUT2D eigenvalue weighted by atomic mass is 9.97. The first-order chi connectivity index (χ1) is 14.0. The van der Waals surface area contributed by atoms with E-state index in [0.29, 0.717) is 18.2 Å². The van der Waals surface area contributed by atoms with Crippen molar-refractivity contribution in [3.63, 3.8) is 0 Å². The van der Waals surface area contributed by atoms with Gasteiger partial charge in [-0.25, -0.2) is 9.59 Å². The molecular weight excluding hydrogens is 388 g/mol. The predicted molar refractivity (Wildman–Crippen MR) is 112 cm³/mol. The summed E-state index contributed by atoms with van der Waals surface area (Å²) in [6.45, 7) is 4.50. The third-order valence-electron chi connectivity index (χ3n) is 4.84. The van der Waals surface area contributed by atoms with Crippen LogP contribution >= 0.6 is 11.8 Å².